The van der Waals surface area contributed by atoms with Gasteiger partial charge >= 0.3 is 0 Å². The summed E-state index contributed by atoms with van der Waals surface area (Å²) in [5.41, 5.74) is 1.05. The number of amides is 1. The van der Waals surface area contributed by atoms with Crippen molar-refractivity contribution >= 4 is 38.7 Å². The van der Waals surface area contributed by atoms with Crippen LogP contribution in [0.5, 0.6) is 0 Å². The summed E-state index contributed by atoms with van der Waals surface area (Å²) in [5, 5.41) is 3.04. The highest BCUT2D eigenvalue weighted by Gasteiger charge is 2.50. The maximum absolute atomic E-state index is 13.1. The normalized spacial score (nSPS) is 22.6. The van der Waals surface area contributed by atoms with Gasteiger partial charge in [-0.1, -0.05) is 6.07 Å². The maximum atomic E-state index is 13.1. The average molecular weight is 411 g/mol. The van der Waals surface area contributed by atoms with Gasteiger partial charge in [-0.2, -0.15) is 13.1 Å². The SMILES string of the molecule is COCC(=O)NC1CCC12CCN(S(=O)(=O)c1cccc3nsnc13)CC2. The van der Waals surface area contributed by atoms with E-state index < -0.39 is 10.0 Å². The number of fused-ring (bicyclic) bond motifs is 1. The van der Waals surface area contributed by atoms with Crippen LogP contribution in [0.15, 0.2) is 23.1 Å². The van der Waals surface area contributed by atoms with E-state index >= 15 is 0 Å². The van der Waals surface area contributed by atoms with Crippen molar-refractivity contribution in [2.45, 2.75) is 36.6 Å². The van der Waals surface area contributed by atoms with Crippen molar-refractivity contribution in [2.75, 3.05) is 26.8 Å². The fraction of sp³-hybridized carbons (Fsp3) is 0.588. The lowest BCUT2D eigenvalue weighted by Gasteiger charge is -2.53. The van der Waals surface area contributed by atoms with Crippen LogP contribution in [0, 0.1) is 5.41 Å². The third-order valence-corrected chi connectivity index (χ3v) is 8.34. The van der Waals surface area contributed by atoms with Gasteiger partial charge in [0.1, 0.15) is 22.5 Å². The first-order valence-electron chi connectivity index (χ1n) is 8.96. The number of carbonyl (C=O) groups is 1. The summed E-state index contributed by atoms with van der Waals surface area (Å²) < 4.78 is 41.0. The molecule has 1 unspecified atom stereocenters. The van der Waals surface area contributed by atoms with Crippen LogP contribution in [0.1, 0.15) is 25.7 Å². The Hall–Kier alpha value is -1.62. The molecule has 4 rings (SSSR count). The quantitative estimate of drug-likeness (QED) is 0.799. The van der Waals surface area contributed by atoms with Crippen LogP contribution in [0.25, 0.3) is 11.0 Å². The van der Waals surface area contributed by atoms with Crippen LogP contribution in [0.2, 0.25) is 0 Å². The number of piperidine rings is 1. The Morgan fingerprint density at radius 3 is 2.78 bits per heavy atom. The van der Waals surface area contributed by atoms with E-state index in [9.17, 15) is 13.2 Å². The first-order chi connectivity index (χ1) is 13.0. The molecule has 1 saturated carbocycles. The topological polar surface area (TPSA) is 101 Å². The molecule has 1 saturated heterocycles. The molecule has 1 spiro atoms. The number of aromatic nitrogens is 2. The monoisotopic (exact) mass is 410 g/mol. The second kappa shape index (κ2) is 7.08. The van der Waals surface area contributed by atoms with Gasteiger partial charge in [-0.3, -0.25) is 4.79 Å². The lowest BCUT2D eigenvalue weighted by Crippen LogP contribution is -2.60. The van der Waals surface area contributed by atoms with Gasteiger partial charge in [0.2, 0.25) is 15.9 Å². The third kappa shape index (κ3) is 3.24. The Bertz CT molecular complexity index is 951. The fourth-order valence-corrected chi connectivity index (χ4v) is 6.38. The second-order valence-corrected chi connectivity index (χ2v) is 9.68. The Labute approximate surface area is 162 Å². The van der Waals surface area contributed by atoms with Crippen molar-refractivity contribution in [3.05, 3.63) is 18.2 Å². The number of nitrogens with one attached hydrogen (secondary N) is 1. The molecule has 1 N–H and O–H groups in total. The Morgan fingerprint density at radius 1 is 1.33 bits per heavy atom. The summed E-state index contributed by atoms with van der Waals surface area (Å²) in [4.78, 5) is 12.1. The van der Waals surface area contributed by atoms with Gasteiger partial charge < -0.3 is 10.1 Å². The molecule has 1 aliphatic carbocycles. The summed E-state index contributed by atoms with van der Waals surface area (Å²) in [7, 11) is -2.11. The maximum Gasteiger partial charge on any atom is 0.246 e. The van der Waals surface area contributed by atoms with E-state index in [1.807, 2.05) is 0 Å². The lowest BCUT2D eigenvalue weighted by molar-refractivity contribution is -0.128. The van der Waals surface area contributed by atoms with E-state index in [2.05, 4.69) is 14.1 Å². The minimum atomic E-state index is -3.61. The Morgan fingerprint density at radius 2 is 2.11 bits per heavy atom. The third-order valence-electron chi connectivity index (χ3n) is 5.87. The molecule has 0 bridgehead atoms. The van der Waals surface area contributed by atoms with Gasteiger partial charge in [0.05, 0.1) is 11.7 Å². The molecule has 1 aromatic carbocycles. The van der Waals surface area contributed by atoms with Crippen molar-refractivity contribution in [3.63, 3.8) is 0 Å². The van der Waals surface area contributed by atoms with E-state index in [0.29, 0.717) is 24.1 Å². The smallest absolute Gasteiger partial charge is 0.246 e. The highest BCUT2D eigenvalue weighted by molar-refractivity contribution is 7.89. The van der Waals surface area contributed by atoms with Gasteiger partial charge in [0, 0.05) is 26.2 Å². The van der Waals surface area contributed by atoms with Crippen LogP contribution in [-0.2, 0) is 19.6 Å². The van der Waals surface area contributed by atoms with Gasteiger partial charge in [-0.05, 0) is 43.2 Å². The summed E-state index contributed by atoms with van der Waals surface area (Å²) >= 11 is 1.02. The number of nitrogens with zero attached hydrogens (tertiary/aromatic N) is 3. The predicted molar refractivity (Wildman–Crippen MR) is 101 cm³/mol. The molecule has 146 valence electrons. The number of methoxy groups -OCH3 is 1. The molecule has 10 heteroatoms. The van der Waals surface area contributed by atoms with E-state index in [1.165, 1.54) is 7.11 Å². The molecule has 0 radical (unpaired) electrons. The van der Waals surface area contributed by atoms with Crippen molar-refractivity contribution in [1.29, 1.82) is 0 Å². The number of sulfonamides is 1. The van der Waals surface area contributed by atoms with Crippen molar-refractivity contribution in [3.8, 4) is 0 Å². The van der Waals surface area contributed by atoms with E-state index in [-0.39, 0.29) is 28.9 Å². The van der Waals surface area contributed by atoms with Crippen LogP contribution in [-0.4, -0.2) is 60.2 Å². The summed E-state index contributed by atoms with van der Waals surface area (Å²) in [6, 6.07) is 5.18. The molecule has 8 nitrogen and oxygen atoms in total. The second-order valence-electron chi connectivity index (χ2n) is 7.25. The van der Waals surface area contributed by atoms with Gasteiger partial charge in [-0.15, -0.1) is 0 Å². The molecule has 1 atom stereocenters. The van der Waals surface area contributed by atoms with E-state index in [1.54, 1.807) is 22.5 Å². The van der Waals surface area contributed by atoms with Crippen LogP contribution in [0.4, 0.5) is 0 Å². The lowest BCUT2D eigenvalue weighted by atomic mass is 9.59. The minimum absolute atomic E-state index is 0.00359. The van der Waals surface area contributed by atoms with Crippen molar-refractivity contribution < 1.29 is 17.9 Å². The molecule has 1 amide bonds. The fourth-order valence-electron chi connectivity index (χ4n) is 4.19. The zero-order valence-corrected chi connectivity index (χ0v) is 16.7. The molecule has 1 aliphatic heterocycles. The van der Waals surface area contributed by atoms with Crippen LogP contribution in [0.3, 0.4) is 0 Å². The van der Waals surface area contributed by atoms with Crippen LogP contribution >= 0.6 is 11.7 Å². The van der Waals surface area contributed by atoms with E-state index in [4.69, 9.17) is 4.74 Å². The van der Waals surface area contributed by atoms with Crippen molar-refractivity contribution in [1.82, 2.24) is 18.4 Å². The first kappa shape index (κ1) is 18.7. The number of ether oxygens (including phenoxy) is 1. The van der Waals surface area contributed by atoms with Gasteiger partial charge in [0.25, 0.3) is 0 Å². The van der Waals surface area contributed by atoms with Crippen LogP contribution < -0.4 is 5.32 Å². The average Bonchev–Trinajstić information content (AvgIpc) is 3.14. The Balaban J connectivity index is 1.48. The summed E-state index contributed by atoms with van der Waals surface area (Å²) in [5.74, 6) is -0.112. The molecule has 2 aliphatic rings. The molecule has 27 heavy (non-hydrogen) atoms. The number of hydrogen-bond donors (Lipinski definition) is 1. The standard InChI is InChI=1S/C17H22N4O4S2/c1-25-11-15(22)18-14-5-6-17(14)7-9-21(10-8-17)27(23,24)13-4-2-3-12-16(13)20-26-19-12/h2-4,14H,5-11H2,1H3,(H,18,22). The number of rotatable bonds is 5. The largest absolute Gasteiger partial charge is 0.375 e. The molecular formula is C17H22N4O4S2. The molecule has 2 aromatic rings. The number of hydrogen-bond acceptors (Lipinski definition) is 7. The molecule has 2 heterocycles. The molecular weight excluding hydrogens is 388 g/mol. The number of carbonyl (C=O) groups excluding carboxylic acids is 1. The first-order valence-corrected chi connectivity index (χ1v) is 11.1. The number of benzene rings is 1. The predicted octanol–water partition coefficient (Wildman–Crippen LogP) is 1.39. The highest BCUT2D eigenvalue weighted by Crippen LogP contribution is 2.49. The van der Waals surface area contributed by atoms with E-state index in [0.717, 1.165) is 37.4 Å². The summed E-state index contributed by atoms with van der Waals surface area (Å²) in [6.07, 6.45) is 3.45. The zero-order valence-electron chi connectivity index (χ0n) is 15.1. The summed E-state index contributed by atoms with van der Waals surface area (Å²) in [6.45, 7) is 0.957. The van der Waals surface area contributed by atoms with Gasteiger partial charge in [-0.25, -0.2) is 8.42 Å². The zero-order chi connectivity index (χ0) is 19.1. The van der Waals surface area contributed by atoms with Gasteiger partial charge in [0.15, 0.2) is 0 Å². The molecule has 2 fully saturated rings. The van der Waals surface area contributed by atoms with Crippen molar-refractivity contribution in [2.24, 2.45) is 5.41 Å². The Kier molecular flexibility index (Phi) is 4.91. The minimum Gasteiger partial charge on any atom is -0.375 e. The molecule has 1 aromatic heterocycles. The highest BCUT2D eigenvalue weighted by atomic mass is 32.2.